The maximum absolute atomic E-state index is 5.81. The summed E-state index contributed by atoms with van der Waals surface area (Å²) in [5, 5.41) is 0. The molecule has 4 heteroatoms. The molecule has 0 atom stereocenters. The van der Waals surface area contributed by atoms with Gasteiger partial charge < -0.3 is 15.0 Å². The number of methoxy groups -OCH3 is 1. The molecule has 0 aliphatic heterocycles. The SMILES string of the molecule is COc1ccc(Cn2c(CN)nc3ccccc32)cc1. The number of fused-ring (bicyclic) bond motifs is 1. The normalized spacial score (nSPS) is 10.9. The lowest BCUT2D eigenvalue weighted by atomic mass is 10.2. The molecule has 2 N–H and O–H groups in total. The zero-order valence-corrected chi connectivity index (χ0v) is 11.4. The fourth-order valence-corrected chi connectivity index (χ4v) is 2.37. The fourth-order valence-electron chi connectivity index (χ4n) is 2.37. The van der Waals surface area contributed by atoms with Crippen molar-refractivity contribution in [3.05, 3.63) is 59.9 Å². The number of benzene rings is 2. The van der Waals surface area contributed by atoms with Gasteiger partial charge >= 0.3 is 0 Å². The van der Waals surface area contributed by atoms with Crippen molar-refractivity contribution in [1.29, 1.82) is 0 Å². The van der Waals surface area contributed by atoms with Gasteiger partial charge in [0.05, 0.1) is 24.7 Å². The van der Waals surface area contributed by atoms with Crippen molar-refractivity contribution in [2.75, 3.05) is 7.11 Å². The standard InChI is InChI=1S/C16H17N3O/c1-20-13-8-6-12(7-9-13)11-19-15-5-3-2-4-14(15)18-16(19)10-17/h2-9H,10-11,17H2,1H3. The monoisotopic (exact) mass is 267 g/mol. The van der Waals surface area contributed by atoms with E-state index in [4.69, 9.17) is 10.5 Å². The molecule has 0 spiro atoms. The van der Waals surface area contributed by atoms with E-state index in [0.29, 0.717) is 6.54 Å². The highest BCUT2D eigenvalue weighted by Gasteiger charge is 2.09. The first-order valence-electron chi connectivity index (χ1n) is 6.59. The minimum absolute atomic E-state index is 0.435. The lowest BCUT2D eigenvalue weighted by Gasteiger charge is -2.09. The van der Waals surface area contributed by atoms with Gasteiger partial charge in [-0.05, 0) is 29.8 Å². The van der Waals surface area contributed by atoms with E-state index in [1.807, 2.05) is 30.3 Å². The van der Waals surface area contributed by atoms with Gasteiger partial charge in [-0.25, -0.2) is 4.98 Å². The topological polar surface area (TPSA) is 53.1 Å². The first-order valence-corrected chi connectivity index (χ1v) is 6.59. The lowest BCUT2D eigenvalue weighted by Crippen LogP contribution is -2.09. The molecular weight excluding hydrogens is 250 g/mol. The number of rotatable bonds is 4. The highest BCUT2D eigenvalue weighted by Crippen LogP contribution is 2.19. The predicted octanol–water partition coefficient (Wildman–Crippen LogP) is 2.55. The zero-order valence-electron chi connectivity index (χ0n) is 11.4. The molecule has 0 unspecified atom stereocenters. The Bertz CT molecular complexity index is 716. The van der Waals surface area contributed by atoms with Crippen LogP contribution in [0.25, 0.3) is 11.0 Å². The predicted molar refractivity (Wildman–Crippen MR) is 79.7 cm³/mol. The summed E-state index contributed by atoms with van der Waals surface area (Å²) in [6, 6.07) is 16.2. The molecule has 0 aliphatic carbocycles. The summed E-state index contributed by atoms with van der Waals surface area (Å²) >= 11 is 0. The van der Waals surface area contributed by atoms with Gasteiger partial charge in [-0.1, -0.05) is 24.3 Å². The Balaban J connectivity index is 2.00. The van der Waals surface area contributed by atoms with Crippen molar-refractivity contribution in [3.63, 3.8) is 0 Å². The van der Waals surface area contributed by atoms with Crippen molar-refractivity contribution in [3.8, 4) is 5.75 Å². The van der Waals surface area contributed by atoms with Crippen LogP contribution >= 0.6 is 0 Å². The Hall–Kier alpha value is -2.33. The van der Waals surface area contributed by atoms with Crippen LogP contribution in [-0.2, 0) is 13.1 Å². The molecule has 1 heterocycles. The Morgan fingerprint density at radius 3 is 2.55 bits per heavy atom. The van der Waals surface area contributed by atoms with E-state index in [-0.39, 0.29) is 0 Å². The van der Waals surface area contributed by atoms with Gasteiger partial charge in [-0.3, -0.25) is 0 Å². The molecule has 0 aliphatic rings. The Morgan fingerprint density at radius 2 is 1.85 bits per heavy atom. The molecule has 0 amide bonds. The van der Waals surface area contributed by atoms with E-state index < -0.39 is 0 Å². The largest absolute Gasteiger partial charge is 0.497 e. The maximum Gasteiger partial charge on any atom is 0.123 e. The Labute approximate surface area is 117 Å². The van der Waals surface area contributed by atoms with Crippen molar-refractivity contribution in [2.45, 2.75) is 13.1 Å². The Kier molecular flexibility index (Phi) is 3.39. The summed E-state index contributed by atoms with van der Waals surface area (Å²) in [6.07, 6.45) is 0. The van der Waals surface area contributed by atoms with E-state index in [0.717, 1.165) is 29.2 Å². The molecule has 1 aromatic heterocycles. The number of hydrogen-bond acceptors (Lipinski definition) is 3. The van der Waals surface area contributed by atoms with Crippen LogP contribution in [0.4, 0.5) is 0 Å². The molecule has 4 nitrogen and oxygen atoms in total. The minimum Gasteiger partial charge on any atom is -0.497 e. The van der Waals surface area contributed by atoms with E-state index in [9.17, 15) is 0 Å². The molecule has 2 aromatic carbocycles. The summed E-state index contributed by atoms with van der Waals surface area (Å²) in [6.45, 7) is 1.20. The molecule has 3 rings (SSSR count). The van der Waals surface area contributed by atoms with Crippen LogP contribution < -0.4 is 10.5 Å². The number of nitrogens with zero attached hydrogens (tertiary/aromatic N) is 2. The van der Waals surface area contributed by atoms with Crippen LogP contribution in [0, 0.1) is 0 Å². The van der Waals surface area contributed by atoms with Crippen molar-refractivity contribution >= 4 is 11.0 Å². The van der Waals surface area contributed by atoms with E-state index in [2.05, 4.69) is 27.8 Å². The highest BCUT2D eigenvalue weighted by atomic mass is 16.5. The van der Waals surface area contributed by atoms with Crippen LogP contribution in [0.15, 0.2) is 48.5 Å². The number of para-hydroxylation sites is 2. The van der Waals surface area contributed by atoms with Gasteiger partial charge in [0.2, 0.25) is 0 Å². The smallest absolute Gasteiger partial charge is 0.123 e. The molecule has 3 aromatic rings. The Morgan fingerprint density at radius 1 is 1.10 bits per heavy atom. The number of hydrogen-bond donors (Lipinski definition) is 1. The van der Waals surface area contributed by atoms with Crippen molar-refractivity contribution in [1.82, 2.24) is 9.55 Å². The van der Waals surface area contributed by atoms with Crippen LogP contribution in [0.3, 0.4) is 0 Å². The fraction of sp³-hybridized carbons (Fsp3) is 0.188. The molecule has 102 valence electrons. The average Bonchev–Trinajstić information content (AvgIpc) is 2.86. The molecule has 0 bridgehead atoms. The van der Waals surface area contributed by atoms with Crippen molar-refractivity contribution in [2.24, 2.45) is 5.73 Å². The summed E-state index contributed by atoms with van der Waals surface area (Å²) in [4.78, 5) is 4.57. The van der Waals surface area contributed by atoms with Crippen LogP contribution in [0.2, 0.25) is 0 Å². The van der Waals surface area contributed by atoms with Gasteiger partial charge in [-0.15, -0.1) is 0 Å². The molecule has 0 fully saturated rings. The second kappa shape index (κ2) is 5.35. The summed E-state index contributed by atoms with van der Waals surface area (Å²) in [7, 11) is 1.67. The first-order chi connectivity index (χ1) is 9.81. The zero-order chi connectivity index (χ0) is 13.9. The molecule has 0 saturated carbocycles. The van der Waals surface area contributed by atoms with Gasteiger partial charge in [0.1, 0.15) is 11.6 Å². The quantitative estimate of drug-likeness (QED) is 0.790. The van der Waals surface area contributed by atoms with Gasteiger partial charge in [-0.2, -0.15) is 0 Å². The third-order valence-electron chi connectivity index (χ3n) is 3.42. The van der Waals surface area contributed by atoms with Crippen LogP contribution in [-0.4, -0.2) is 16.7 Å². The number of aromatic nitrogens is 2. The van der Waals surface area contributed by atoms with Crippen LogP contribution in [0.1, 0.15) is 11.4 Å². The molecular formula is C16H17N3O. The summed E-state index contributed by atoms with van der Waals surface area (Å²) < 4.78 is 7.34. The highest BCUT2D eigenvalue weighted by molar-refractivity contribution is 5.76. The third kappa shape index (κ3) is 2.26. The number of nitrogens with two attached hydrogens (primary N) is 1. The van der Waals surface area contributed by atoms with Gasteiger partial charge in [0, 0.05) is 6.54 Å². The second-order valence-electron chi connectivity index (χ2n) is 4.66. The third-order valence-corrected chi connectivity index (χ3v) is 3.42. The van der Waals surface area contributed by atoms with Gasteiger partial charge in [0.25, 0.3) is 0 Å². The lowest BCUT2D eigenvalue weighted by molar-refractivity contribution is 0.414. The summed E-state index contributed by atoms with van der Waals surface area (Å²) in [5.41, 5.74) is 9.11. The number of ether oxygens (including phenoxy) is 1. The molecule has 0 saturated heterocycles. The first kappa shape index (κ1) is 12.7. The second-order valence-corrected chi connectivity index (χ2v) is 4.66. The maximum atomic E-state index is 5.81. The average molecular weight is 267 g/mol. The number of imidazole rings is 1. The van der Waals surface area contributed by atoms with Crippen molar-refractivity contribution < 1.29 is 4.74 Å². The van der Waals surface area contributed by atoms with Gasteiger partial charge in [0.15, 0.2) is 0 Å². The molecule has 20 heavy (non-hydrogen) atoms. The minimum atomic E-state index is 0.435. The summed E-state index contributed by atoms with van der Waals surface area (Å²) in [5.74, 6) is 1.77. The van der Waals surface area contributed by atoms with E-state index in [1.54, 1.807) is 7.11 Å². The molecule has 0 radical (unpaired) electrons. The van der Waals surface area contributed by atoms with E-state index >= 15 is 0 Å². The van der Waals surface area contributed by atoms with E-state index in [1.165, 1.54) is 5.56 Å². The van der Waals surface area contributed by atoms with Crippen LogP contribution in [0.5, 0.6) is 5.75 Å².